The zero-order valence-electron chi connectivity index (χ0n) is 8.75. The lowest BCUT2D eigenvalue weighted by atomic mass is 10.2. The van der Waals surface area contributed by atoms with Crippen molar-refractivity contribution in [2.75, 3.05) is 6.26 Å². The zero-order chi connectivity index (χ0) is 9.97. The summed E-state index contributed by atoms with van der Waals surface area (Å²) in [6.07, 6.45) is 6.12. The molecule has 1 aromatic rings. The van der Waals surface area contributed by atoms with Gasteiger partial charge in [-0.05, 0) is 43.2 Å². The molecule has 0 aromatic heterocycles. The van der Waals surface area contributed by atoms with E-state index in [1.807, 2.05) is 0 Å². The summed E-state index contributed by atoms with van der Waals surface area (Å²) in [5.74, 6) is 1.08. The van der Waals surface area contributed by atoms with Crippen LogP contribution in [0.25, 0.3) is 0 Å². The van der Waals surface area contributed by atoms with E-state index >= 15 is 0 Å². The minimum absolute atomic E-state index is 0.494. The Morgan fingerprint density at radius 1 is 1.43 bits per heavy atom. The zero-order valence-corrected chi connectivity index (χ0v) is 9.56. The largest absolute Gasteiger partial charge is 0.489 e. The quantitative estimate of drug-likeness (QED) is 0.700. The summed E-state index contributed by atoms with van der Waals surface area (Å²) in [7, 11) is 0. The lowest BCUT2D eigenvalue weighted by Gasteiger charge is -2.10. The maximum Gasteiger partial charge on any atom is 0.133 e. The molecule has 76 valence electrons. The summed E-state index contributed by atoms with van der Waals surface area (Å²) in [4.78, 5) is 1.26. The van der Waals surface area contributed by atoms with Crippen molar-refractivity contribution in [2.45, 2.75) is 37.2 Å². The number of thioether (sulfide) groups is 1. The Morgan fingerprint density at radius 3 is 2.79 bits per heavy atom. The first-order valence-corrected chi connectivity index (χ1v) is 6.39. The van der Waals surface area contributed by atoms with Crippen molar-refractivity contribution in [3.63, 3.8) is 0 Å². The van der Waals surface area contributed by atoms with Crippen molar-refractivity contribution >= 4 is 11.8 Å². The van der Waals surface area contributed by atoms with Gasteiger partial charge in [0, 0.05) is 4.90 Å². The van der Waals surface area contributed by atoms with Crippen LogP contribution in [0.1, 0.15) is 25.3 Å². The Labute approximate surface area is 89.9 Å². The molecule has 0 heterocycles. The molecule has 1 nitrogen and oxygen atoms in total. The second-order valence-corrected chi connectivity index (χ2v) is 4.50. The first-order chi connectivity index (χ1) is 6.83. The van der Waals surface area contributed by atoms with Gasteiger partial charge in [0.05, 0.1) is 6.10 Å². The molecule has 0 aliphatic heterocycles. The lowest BCUT2D eigenvalue weighted by molar-refractivity contribution is 0.296. The van der Waals surface area contributed by atoms with E-state index in [-0.39, 0.29) is 0 Å². The van der Waals surface area contributed by atoms with Crippen LogP contribution in [0.4, 0.5) is 0 Å². The van der Waals surface area contributed by atoms with Gasteiger partial charge < -0.3 is 4.74 Å². The molecule has 0 N–H and O–H groups in total. The predicted octanol–water partition coefficient (Wildman–Crippen LogP) is 3.51. The Hall–Kier alpha value is -0.630. The van der Waals surface area contributed by atoms with Crippen LogP contribution in [0.3, 0.4) is 0 Å². The molecule has 1 saturated carbocycles. The van der Waals surface area contributed by atoms with Crippen LogP contribution in [-0.2, 0) is 6.42 Å². The van der Waals surface area contributed by atoms with Crippen LogP contribution in [0.15, 0.2) is 23.1 Å². The van der Waals surface area contributed by atoms with E-state index in [4.69, 9.17) is 4.74 Å². The van der Waals surface area contributed by atoms with E-state index < -0.39 is 0 Å². The van der Waals surface area contributed by atoms with Crippen LogP contribution >= 0.6 is 11.8 Å². The number of aryl methyl sites for hydroxylation is 1. The number of hydrogen-bond acceptors (Lipinski definition) is 2. The maximum atomic E-state index is 5.87. The van der Waals surface area contributed by atoms with Gasteiger partial charge in [-0.2, -0.15) is 0 Å². The Morgan fingerprint density at radius 2 is 2.21 bits per heavy atom. The van der Waals surface area contributed by atoms with Gasteiger partial charge in [0.1, 0.15) is 5.75 Å². The third kappa shape index (κ3) is 2.24. The van der Waals surface area contributed by atoms with Gasteiger partial charge in [-0.25, -0.2) is 0 Å². The molecule has 0 atom stereocenters. The fourth-order valence-corrected chi connectivity index (χ4v) is 1.91. The van der Waals surface area contributed by atoms with E-state index in [2.05, 4.69) is 31.4 Å². The molecular formula is C12H16OS. The van der Waals surface area contributed by atoms with Crippen molar-refractivity contribution in [1.29, 1.82) is 0 Å². The van der Waals surface area contributed by atoms with Crippen molar-refractivity contribution < 1.29 is 4.74 Å². The van der Waals surface area contributed by atoms with E-state index in [0.717, 1.165) is 12.2 Å². The molecule has 0 amide bonds. The summed E-state index contributed by atoms with van der Waals surface area (Å²) in [5.41, 5.74) is 1.36. The summed E-state index contributed by atoms with van der Waals surface area (Å²) in [6.45, 7) is 2.18. The van der Waals surface area contributed by atoms with Crippen LogP contribution in [0.5, 0.6) is 5.75 Å². The highest BCUT2D eigenvalue weighted by atomic mass is 32.2. The van der Waals surface area contributed by atoms with Crippen molar-refractivity contribution in [3.05, 3.63) is 23.8 Å². The van der Waals surface area contributed by atoms with E-state index in [0.29, 0.717) is 6.10 Å². The molecule has 1 aliphatic rings. The van der Waals surface area contributed by atoms with Gasteiger partial charge in [0.2, 0.25) is 0 Å². The topological polar surface area (TPSA) is 9.23 Å². The first kappa shape index (κ1) is 9.91. The number of rotatable bonds is 4. The first-order valence-electron chi connectivity index (χ1n) is 5.17. The van der Waals surface area contributed by atoms with Gasteiger partial charge in [-0.3, -0.25) is 0 Å². The van der Waals surface area contributed by atoms with Gasteiger partial charge in [-0.15, -0.1) is 11.8 Å². The molecule has 14 heavy (non-hydrogen) atoms. The summed E-state index contributed by atoms with van der Waals surface area (Å²) in [5, 5.41) is 0. The van der Waals surface area contributed by atoms with Crippen LogP contribution in [0.2, 0.25) is 0 Å². The van der Waals surface area contributed by atoms with Crippen molar-refractivity contribution in [3.8, 4) is 5.75 Å². The Kier molecular flexibility index (Phi) is 3.02. The molecule has 0 saturated heterocycles. The maximum absolute atomic E-state index is 5.87. The lowest BCUT2D eigenvalue weighted by Crippen LogP contribution is -1.98. The molecule has 0 bridgehead atoms. The minimum Gasteiger partial charge on any atom is -0.489 e. The number of hydrogen-bond donors (Lipinski definition) is 0. The van der Waals surface area contributed by atoms with E-state index in [1.54, 1.807) is 11.8 Å². The molecule has 0 spiro atoms. The standard InChI is InChI=1S/C12H16OS/c1-3-9-4-7-12(14-2)11(8-9)13-10-5-6-10/h4,7-8,10H,3,5-6H2,1-2H3. The summed E-state index contributed by atoms with van der Waals surface area (Å²) in [6, 6.07) is 6.54. The predicted molar refractivity (Wildman–Crippen MR) is 61.3 cm³/mol. The average Bonchev–Trinajstić information content (AvgIpc) is 3.01. The fourth-order valence-electron chi connectivity index (χ4n) is 1.40. The van der Waals surface area contributed by atoms with Gasteiger partial charge in [0.15, 0.2) is 0 Å². The second kappa shape index (κ2) is 4.26. The summed E-state index contributed by atoms with van der Waals surface area (Å²) >= 11 is 1.76. The van der Waals surface area contributed by atoms with E-state index in [9.17, 15) is 0 Å². The Bertz CT molecular complexity index is 318. The van der Waals surface area contributed by atoms with Crippen molar-refractivity contribution in [2.24, 2.45) is 0 Å². The normalized spacial score (nSPS) is 15.6. The second-order valence-electron chi connectivity index (χ2n) is 3.66. The Balaban J connectivity index is 2.21. The molecule has 2 rings (SSSR count). The number of benzene rings is 1. The van der Waals surface area contributed by atoms with Crippen molar-refractivity contribution in [1.82, 2.24) is 0 Å². The van der Waals surface area contributed by atoms with Gasteiger partial charge in [0.25, 0.3) is 0 Å². The third-order valence-electron chi connectivity index (χ3n) is 2.45. The monoisotopic (exact) mass is 208 g/mol. The highest BCUT2D eigenvalue weighted by Gasteiger charge is 2.24. The van der Waals surface area contributed by atoms with Crippen LogP contribution in [0, 0.1) is 0 Å². The van der Waals surface area contributed by atoms with Crippen LogP contribution < -0.4 is 4.74 Å². The highest BCUT2D eigenvalue weighted by molar-refractivity contribution is 7.98. The van der Waals surface area contributed by atoms with Crippen LogP contribution in [-0.4, -0.2) is 12.4 Å². The van der Waals surface area contributed by atoms with Gasteiger partial charge >= 0.3 is 0 Å². The minimum atomic E-state index is 0.494. The third-order valence-corrected chi connectivity index (χ3v) is 3.23. The summed E-state index contributed by atoms with van der Waals surface area (Å²) < 4.78 is 5.87. The number of ether oxygens (including phenoxy) is 1. The molecule has 1 aromatic carbocycles. The molecule has 2 heteroatoms. The molecule has 0 radical (unpaired) electrons. The fraction of sp³-hybridized carbons (Fsp3) is 0.500. The highest BCUT2D eigenvalue weighted by Crippen LogP contribution is 2.34. The average molecular weight is 208 g/mol. The smallest absolute Gasteiger partial charge is 0.133 e. The molecule has 0 unspecified atom stereocenters. The molecule has 1 aliphatic carbocycles. The van der Waals surface area contributed by atoms with Gasteiger partial charge in [-0.1, -0.05) is 13.0 Å². The molecular weight excluding hydrogens is 192 g/mol. The van der Waals surface area contributed by atoms with E-state index in [1.165, 1.54) is 23.3 Å². The molecule has 1 fully saturated rings. The SMILES string of the molecule is CCc1ccc(SC)c(OC2CC2)c1.